The number of amides is 2. The number of nitrogens with two attached hydrogens (primary N) is 1. The molecule has 1 saturated heterocycles. The molecular formula is C22H32N4O3. The van der Waals surface area contributed by atoms with Gasteiger partial charge in [0.1, 0.15) is 18.5 Å². The molecule has 2 amide bonds. The molecule has 0 spiro atoms. The molecule has 2 atom stereocenters. The molecular weight excluding hydrogens is 368 g/mol. The monoisotopic (exact) mass is 400 g/mol. The minimum atomic E-state index is -0.601. The Hall–Kier alpha value is -2.35. The first kappa shape index (κ1) is 21.4. The highest BCUT2D eigenvalue weighted by molar-refractivity contribution is 5.87. The van der Waals surface area contributed by atoms with Crippen LogP contribution in [0.2, 0.25) is 0 Å². The average Bonchev–Trinajstić information content (AvgIpc) is 2.73. The third kappa shape index (κ3) is 6.59. The summed E-state index contributed by atoms with van der Waals surface area (Å²) in [6.07, 6.45) is 8.61. The number of β-amino-alcohol motifs (C(OH)–C–C–N with tert-alkyl or cyclic N) is 1. The Balaban J connectivity index is 1.35. The van der Waals surface area contributed by atoms with Crippen molar-refractivity contribution in [2.75, 3.05) is 44.6 Å². The van der Waals surface area contributed by atoms with E-state index < -0.39 is 12.1 Å². The maximum atomic E-state index is 10.8. The maximum Gasteiger partial charge on any atom is 0.316 e. The molecule has 0 radical (unpaired) electrons. The molecule has 1 unspecified atom stereocenters. The highest BCUT2D eigenvalue weighted by Gasteiger charge is 2.24. The molecule has 1 fully saturated rings. The van der Waals surface area contributed by atoms with E-state index in [2.05, 4.69) is 40.3 Å². The Labute approximate surface area is 172 Å². The molecule has 7 nitrogen and oxygen atoms in total. The van der Waals surface area contributed by atoms with Crippen molar-refractivity contribution in [3.8, 4) is 5.75 Å². The van der Waals surface area contributed by atoms with Crippen molar-refractivity contribution in [1.29, 1.82) is 0 Å². The number of ether oxygens (including phenoxy) is 1. The third-order valence-electron chi connectivity index (χ3n) is 5.47. The molecule has 1 aliphatic heterocycles. The van der Waals surface area contributed by atoms with Crippen LogP contribution in [0.25, 0.3) is 0 Å². The number of hydrogen-bond donors (Lipinski definition) is 3. The van der Waals surface area contributed by atoms with Gasteiger partial charge in [0.25, 0.3) is 0 Å². The molecule has 1 aromatic carbocycles. The van der Waals surface area contributed by atoms with Gasteiger partial charge in [-0.15, -0.1) is 0 Å². The van der Waals surface area contributed by atoms with Crippen molar-refractivity contribution in [2.45, 2.75) is 31.9 Å². The van der Waals surface area contributed by atoms with Gasteiger partial charge in [-0.3, -0.25) is 9.80 Å². The van der Waals surface area contributed by atoms with E-state index in [1.165, 1.54) is 5.57 Å². The van der Waals surface area contributed by atoms with E-state index in [4.69, 9.17) is 10.5 Å². The van der Waals surface area contributed by atoms with Gasteiger partial charge in [0.15, 0.2) is 0 Å². The van der Waals surface area contributed by atoms with Crippen LogP contribution in [0.5, 0.6) is 5.75 Å². The van der Waals surface area contributed by atoms with Crippen LogP contribution >= 0.6 is 0 Å². The van der Waals surface area contributed by atoms with Crippen LogP contribution < -0.4 is 15.8 Å². The number of hydrogen-bond acceptors (Lipinski definition) is 5. The number of carbonyl (C=O) groups is 1. The Morgan fingerprint density at radius 2 is 2.00 bits per heavy atom. The number of anilines is 1. The summed E-state index contributed by atoms with van der Waals surface area (Å²) in [6.45, 7) is 6.99. The van der Waals surface area contributed by atoms with Gasteiger partial charge in [-0.05, 0) is 37.1 Å². The molecule has 1 aromatic rings. The summed E-state index contributed by atoms with van der Waals surface area (Å²) in [5.74, 6) is 0.646. The first-order valence-corrected chi connectivity index (χ1v) is 10.3. The number of nitrogens with zero attached hydrogens (tertiary/aromatic N) is 2. The van der Waals surface area contributed by atoms with E-state index in [-0.39, 0.29) is 6.61 Å². The highest BCUT2D eigenvalue weighted by atomic mass is 16.5. The second-order valence-electron chi connectivity index (χ2n) is 7.61. The quantitative estimate of drug-likeness (QED) is 0.622. The molecule has 2 aliphatic rings. The molecule has 158 valence electrons. The summed E-state index contributed by atoms with van der Waals surface area (Å²) in [5, 5.41) is 12.8. The lowest BCUT2D eigenvalue weighted by Gasteiger charge is -2.39. The summed E-state index contributed by atoms with van der Waals surface area (Å²) in [7, 11) is 0. The zero-order valence-corrected chi connectivity index (χ0v) is 17.1. The number of rotatable bonds is 8. The number of carbonyl (C=O) groups excluding carboxylic acids is 1. The standard InChI is InChI=1S/C22H32N4O3/c1-2-17-3-7-19(8-4-17)26-13-11-25(12-14-26)15-20(27)16-29-21-9-5-18(6-10-21)24-22(23)28/h3-7,9-10,19-20,27H,2,8,11-16H2,1H3,(H3,23,24,28)/t19?,20-/m0/s1. The average molecular weight is 401 g/mol. The zero-order valence-electron chi connectivity index (χ0n) is 17.1. The van der Waals surface area contributed by atoms with E-state index in [1.807, 2.05) is 0 Å². The van der Waals surface area contributed by atoms with Crippen LogP contribution in [0.1, 0.15) is 19.8 Å². The number of primary amides is 1. The lowest BCUT2D eigenvalue weighted by molar-refractivity contribution is 0.0410. The summed E-state index contributed by atoms with van der Waals surface area (Å²) in [5.41, 5.74) is 7.13. The predicted octanol–water partition coefficient (Wildman–Crippen LogP) is 2.20. The number of aliphatic hydroxyl groups is 1. The smallest absolute Gasteiger partial charge is 0.316 e. The number of piperazine rings is 1. The van der Waals surface area contributed by atoms with Crippen molar-refractivity contribution in [3.63, 3.8) is 0 Å². The molecule has 4 N–H and O–H groups in total. The molecule has 0 aromatic heterocycles. The summed E-state index contributed by atoms with van der Waals surface area (Å²) in [6, 6.07) is 6.82. The van der Waals surface area contributed by atoms with Crippen LogP contribution in [-0.4, -0.2) is 72.4 Å². The fourth-order valence-corrected chi connectivity index (χ4v) is 3.78. The van der Waals surface area contributed by atoms with Crippen LogP contribution in [0.3, 0.4) is 0 Å². The minimum Gasteiger partial charge on any atom is -0.491 e. The van der Waals surface area contributed by atoms with Crippen molar-refractivity contribution >= 4 is 11.7 Å². The number of benzene rings is 1. The SMILES string of the molecule is CCC1=CCC(N2CCN(C[C@H](O)COc3ccc(NC(N)=O)cc3)CC2)C=C1. The fourth-order valence-electron chi connectivity index (χ4n) is 3.78. The Kier molecular flexibility index (Phi) is 7.69. The minimum absolute atomic E-state index is 0.235. The van der Waals surface area contributed by atoms with Gasteiger partial charge in [-0.2, -0.15) is 0 Å². The van der Waals surface area contributed by atoms with E-state index >= 15 is 0 Å². The van der Waals surface area contributed by atoms with Crippen molar-refractivity contribution < 1.29 is 14.6 Å². The largest absolute Gasteiger partial charge is 0.491 e. The van der Waals surface area contributed by atoms with Gasteiger partial charge in [0, 0.05) is 44.5 Å². The summed E-state index contributed by atoms with van der Waals surface area (Å²) >= 11 is 0. The molecule has 1 heterocycles. The number of aliphatic hydroxyl groups excluding tert-OH is 1. The number of urea groups is 1. The lowest BCUT2D eigenvalue weighted by atomic mass is 9.99. The maximum absolute atomic E-state index is 10.8. The first-order valence-electron chi connectivity index (χ1n) is 10.3. The van der Waals surface area contributed by atoms with Gasteiger partial charge in [-0.25, -0.2) is 4.79 Å². The first-order chi connectivity index (χ1) is 14.0. The Bertz CT molecular complexity index is 724. The second-order valence-corrected chi connectivity index (χ2v) is 7.61. The summed E-state index contributed by atoms with van der Waals surface area (Å²) < 4.78 is 5.66. The third-order valence-corrected chi connectivity index (χ3v) is 5.47. The van der Waals surface area contributed by atoms with E-state index in [0.717, 1.165) is 39.0 Å². The topological polar surface area (TPSA) is 91.1 Å². The molecule has 0 bridgehead atoms. The van der Waals surface area contributed by atoms with Gasteiger partial charge >= 0.3 is 6.03 Å². The van der Waals surface area contributed by atoms with E-state index in [0.29, 0.717) is 24.0 Å². The van der Waals surface area contributed by atoms with E-state index in [1.54, 1.807) is 24.3 Å². The highest BCUT2D eigenvalue weighted by Crippen LogP contribution is 2.19. The number of nitrogens with one attached hydrogen (secondary N) is 1. The van der Waals surface area contributed by atoms with Crippen molar-refractivity contribution in [1.82, 2.24) is 9.80 Å². The molecule has 0 saturated carbocycles. The van der Waals surface area contributed by atoms with Crippen molar-refractivity contribution in [2.24, 2.45) is 5.73 Å². The van der Waals surface area contributed by atoms with Crippen LogP contribution in [-0.2, 0) is 0 Å². The molecule has 7 heteroatoms. The van der Waals surface area contributed by atoms with Gasteiger partial charge in [0.2, 0.25) is 0 Å². The van der Waals surface area contributed by atoms with Crippen LogP contribution in [0.15, 0.2) is 48.1 Å². The van der Waals surface area contributed by atoms with Gasteiger partial charge in [-0.1, -0.05) is 30.7 Å². The second kappa shape index (κ2) is 10.4. The normalized spacial score (nSPS) is 21.4. The Morgan fingerprint density at radius 1 is 1.28 bits per heavy atom. The van der Waals surface area contributed by atoms with Crippen LogP contribution in [0, 0.1) is 0 Å². The van der Waals surface area contributed by atoms with E-state index in [9.17, 15) is 9.90 Å². The molecule has 1 aliphatic carbocycles. The lowest BCUT2D eigenvalue weighted by Crippen LogP contribution is -2.51. The van der Waals surface area contributed by atoms with Gasteiger partial charge < -0.3 is 20.9 Å². The molecule has 3 rings (SSSR count). The van der Waals surface area contributed by atoms with Crippen molar-refractivity contribution in [3.05, 3.63) is 48.1 Å². The zero-order chi connectivity index (χ0) is 20.6. The fraction of sp³-hybridized carbons (Fsp3) is 0.500. The Morgan fingerprint density at radius 3 is 2.59 bits per heavy atom. The molecule has 29 heavy (non-hydrogen) atoms. The summed E-state index contributed by atoms with van der Waals surface area (Å²) in [4.78, 5) is 15.7. The van der Waals surface area contributed by atoms with Gasteiger partial charge in [0.05, 0.1) is 0 Å². The predicted molar refractivity (Wildman–Crippen MR) is 115 cm³/mol. The van der Waals surface area contributed by atoms with Crippen LogP contribution in [0.4, 0.5) is 10.5 Å². The number of allylic oxidation sites excluding steroid dienone is 2.